The fraction of sp³-hybridized carbons (Fsp3) is 0.533. The molecule has 2 rings (SSSR count). The molecule has 1 amide bonds. The van der Waals surface area contributed by atoms with Crippen LogP contribution in [0.3, 0.4) is 0 Å². The van der Waals surface area contributed by atoms with Gasteiger partial charge in [-0.2, -0.15) is 0 Å². The largest absolute Gasteiger partial charge is 0.397 e. The lowest BCUT2D eigenvalue weighted by atomic mass is 10.1. The van der Waals surface area contributed by atoms with Gasteiger partial charge in [0, 0.05) is 25.7 Å². The SMILES string of the molecule is CCN1CCC(CNc2cc(C(=O)NC)ccc2N)C1. The molecule has 1 aromatic rings. The average molecular weight is 276 g/mol. The van der Waals surface area contributed by atoms with E-state index in [-0.39, 0.29) is 5.91 Å². The van der Waals surface area contributed by atoms with Gasteiger partial charge in [0.25, 0.3) is 5.91 Å². The van der Waals surface area contributed by atoms with Crippen LogP contribution in [0.15, 0.2) is 18.2 Å². The maximum Gasteiger partial charge on any atom is 0.251 e. The first-order valence-electron chi connectivity index (χ1n) is 7.21. The van der Waals surface area contributed by atoms with Crippen molar-refractivity contribution < 1.29 is 4.79 Å². The molecule has 1 fully saturated rings. The van der Waals surface area contributed by atoms with Crippen LogP contribution in [0.5, 0.6) is 0 Å². The van der Waals surface area contributed by atoms with Gasteiger partial charge in [0.05, 0.1) is 11.4 Å². The Labute approximate surface area is 120 Å². The van der Waals surface area contributed by atoms with Crippen molar-refractivity contribution in [1.29, 1.82) is 0 Å². The molecule has 0 aliphatic carbocycles. The molecule has 1 heterocycles. The van der Waals surface area contributed by atoms with Gasteiger partial charge in [-0.1, -0.05) is 6.92 Å². The number of rotatable bonds is 5. The lowest BCUT2D eigenvalue weighted by Crippen LogP contribution is -2.23. The van der Waals surface area contributed by atoms with Crippen molar-refractivity contribution in [2.45, 2.75) is 13.3 Å². The number of nitrogens with zero attached hydrogens (tertiary/aromatic N) is 1. The fourth-order valence-electron chi connectivity index (χ4n) is 2.62. The molecule has 1 aliphatic rings. The summed E-state index contributed by atoms with van der Waals surface area (Å²) in [4.78, 5) is 14.1. The first-order valence-corrected chi connectivity index (χ1v) is 7.21. The van der Waals surface area contributed by atoms with Crippen LogP contribution >= 0.6 is 0 Å². The zero-order valence-corrected chi connectivity index (χ0v) is 12.3. The van der Waals surface area contributed by atoms with E-state index in [1.54, 1.807) is 19.2 Å². The summed E-state index contributed by atoms with van der Waals surface area (Å²) < 4.78 is 0. The predicted octanol–water partition coefficient (Wildman–Crippen LogP) is 1.38. The monoisotopic (exact) mass is 276 g/mol. The van der Waals surface area contributed by atoms with E-state index in [2.05, 4.69) is 22.5 Å². The molecule has 5 nitrogen and oxygen atoms in total. The van der Waals surface area contributed by atoms with Gasteiger partial charge in [-0.25, -0.2) is 0 Å². The topological polar surface area (TPSA) is 70.4 Å². The van der Waals surface area contributed by atoms with Crippen molar-refractivity contribution >= 4 is 17.3 Å². The maximum absolute atomic E-state index is 11.6. The number of nitrogens with one attached hydrogen (secondary N) is 2. The Kier molecular flexibility index (Phi) is 4.84. The normalized spacial score (nSPS) is 19.0. The molecule has 4 N–H and O–H groups in total. The van der Waals surface area contributed by atoms with Crippen molar-refractivity contribution in [3.8, 4) is 0 Å². The Morgan fingerprint density at radius 3 is 2.95 bits per heavy atom. The quantitative estimate of drug-likeness (QED) is 0.711. The summed E-state index contributed by atoms with van der Waals surface area (Å²) in [5.74, 6) is 0.559. The van der Waals surface area contributed by atoms with Crippen LogP contribution in [0, 0.1) is 5.92 Å². The summed E-state index contributed by atoms with van der Waals surface area (Å²) in [6, 6.07) is 5.34. The van der Waals surface area contributed by atoms with E-state index in [1.807, 2.05) is 6.07 Å². The Morgan fingerprint density at radius 2 is 2.30 bits per heavy atom. The van der Waals surface area contributed by atoms with E-state index in [1.165, 1.54) is 13.0 Å². The molecule has 5 heteroatoms. The van der Waals surface area contributed by atoms with Crippen LogP contribution < -0.4 is 16.4 Å². The summed E-state index contributed by atoms with van der Waals surface area (Å²) in [5, 5.41) is 6.01. The van der Waals surface area contributed by atoms with Crippen LogP contribution in [0.25, 0.3) is 0 Å². The van der Waals surface area contributed by atoms with Crippen molar-refractivity contribution in [3.05, 3.63) is 23.8 Å². The van der Waals surface area contributed by atoms with E-state index in [0.717, 1.165) is 25.3 Å². The number of benzene rings is 1. The average Bonchev–Trinajstić information content (AvgIpc) is 2.93. The molecule has 0 saturated carbocycles. The maximum atomic E-state index is 11.6. The van der Waals surface area contributed by atoms with Crippen molar-refractivity contribution in [1.82, 2.24) is 10.2 Å². The van der Waals surface area contributed by atoms with Crippen LogP contribution in [-0.2, 0) is 0 Å². The standard InChI is InChI=1S/C15H24N4O/c1-3-19-7-6-11(10-19)9-18-14-8-12(15(20)17-2)4-5-13(14)16/h4-5,8,11,18H,3,6-7,9-10,16H2,1-2H3,(H,17,20). The highest BCUT2D eigenvalue weighted by molar-refractivity contribution is 5.96. The lowest BCUT2D eigenvalue weighted by Gasteiger charge is -2.16. The van der Waals surface area contributed by atoms with Gasteiger partial charge >= 0.3 is 0 Å². The molecule has 1 aromatic carbocycles. The number of likely N-dealkylation sites (tertiary alicyclic amines) is 1. The molecule has 0 spiro atoms. The van der Waals surface area contributed by atoms with Crippen LogP contribution in [0.2, 0.25) is 0 Å². The first kappa shape index (κ1) is 14.7. The molecule has 1 aliphatic heterocycles. The molecular weight excluding hydrogens is 252 g/mol. The fourth-order valence-corrected chi connectivity index (χ4v) is 2.62. The van der Waals surface area contributed by atoms with Gasteiger partial charge < -0.3 is 21.3 Å². The van der Waals surface area contributed by atoms with E-state index in [4.69, 9.17) is 5.73 Å². The van der Waals surface area contributed by atoms with E-state index in [0.29, 0.717) is 17.2 Å². The van der Waals surface area contributed by atoms with Gasteiger partial charge in [-0.15, -0.1) is 0 Å². The summed E-state index contributed by atoms with van der Waals surface area (Å²) in [6.07, 6.45) is 1.22. The van der Waals surface area contributed by atoms with Gasteiger partial charge in [0.1, 0.15) is 0 Å². The number of hydrogen-bond acceptors (Lipinski definition) is 4. The molecule has 0 radical (unpaired) electrons. The highest BCUT2D eigenvalue weighted by Gasteiger charge is 2.20. The van der Waals surface area contributed by atoms with E-state index in [9.17, 15) is 4.79 Å². The van der Waals surface area contributed by atoms with Crippen molar-refractivity contribution in [2.24, 2.45) is 5.92 Å². The Bertz CT molecular complexity index is 475. The highest BCUT2D eigenvalue weighted by atomic mass is 16.1. The van der Waals surface area contributed by atoms with Gasteiger partial charge in [-0.3, -0.25) is 4.79 Å². The second-order valence-electron chi connectivity index (χ2n) is 5.31. The molecular formula is C15H24N4O. The highest BCUT2D eigenvalue weighted by Crippen LogP contribution is 2.22. The predicted molar refractivity (Wildman–Crippen MR) is 83.0 cm³/mol. The molecule has 20 heavy (non-hydrogen) atoms. The van der Waals surface area contributed by atoms with Gasteiger partial charge in [-0.05, 0) is 43.6 Å². The second kappa shape index (κ2) is 6.61. The van der Waals surface area contributed by atoms with Gasteiger partial charge in [0.15, 0.2) is 0 Å². The Hall–Kier alpha value is -1.75. The van der Waals surface area contributed by atoms with Crippen molar-refractivity contribution in [2.75, 3.05) is 44.3 Å². The molecule has 0 bridgehead atoms. The third-order valence-electron chi connectivity index (χ3n) is 3.94. The molecule has 1 unspecified atom stereocenters. The smallest absolute Gasteiger partial charge is 0.251 e. The molecule has 0 aromatic heterocycles. The van der Waals surface area contributed by atoms with Crippen molar-refractivity contribution in [3.63, 3.8) is 0 Å². The molecule has 1 saturated heterocycles. The summed E-state index contributed by atoms with van der Waals surface area (Å²) >= 11 is 0. The number of nitrogens with two attached hydrogens (primary N) is 1. The minimum atomic E-state index is -0.0916. The number of carbonyl (C=O) groups excluding carboxylic acids is 1. The number of amides is 1. The Morgan fingerprint density at radius 1 is 1.50 bits per heavy atom. The van der Waals surface area contributed by atoms with E-state index < -0.39 is 0 Å². The summed E-state index contributed by atoms with van der Waals surface area (Å²) in [5.41, 5.74) is 8.13. The lowest BCUT2D eigenvalue weighted by molar-refractivity contribution is 0.0963. The summed E-state index contributed by atoms with van der Waals surface area (Å²) in [6.45, 7) is 6.53. The molecule has 110 valence electrons. The second-order valence-corrected chi connectivity index (χ2v) is 5.31. The zero-order chi connectivity index (χ0) is 14.5. The van der Waals surface area contributed by atoms with Gasteiger partial charge in [0.2, 0.25) is 0 Å². The van der Waals surface area contributed by atoms with Crippen LogP contribution in [0.4, 0.5) is 11.4 Å². The third-order valence-corrected chi connectivity index (χ3v) is 3.94. The Balaban J connectivity index is 1.97. The minimum Gasteiger partial charge on any atom is -0.397 e. The van der Waals surface area contributed by atoms with E-state index >= 15 is 0 Å². The summed E-state index contributed by atoms with van der Waals surface area (Å²) in [7, 11) is 1.63. The minimum absolute atomic E-state index is 0.0916. The number of hydrogen-bond donors (Lipinski definition) is 3. The zero-order valence-electron chi connectivity index (χ0n) is 12.3. The number of anilines is 2. The van der Waals surface area contributed by atoms with Crippen LogP contribution in [0.1, 0.15) is 23.7 Å². The third kappa shape index (κ3) is 3.42. The number of nitrogen functional groups attached to an aromatic ring is 1. The number of carbonyl (C=O) groups is 1. The molecule has 1 atom stereocenters. The first-order chi connectivity index (χ1) is 9.63. The van der Waals surface area contributed by atoms with Crippen LogP contribution in [-0.4, -0.2) is 44.0 Å².